The summed E-state index contributed by atoms with van der Waals surface area (Å²) in [5.74, 6) is 6.36. The zero-order valence-corrected chi connectivity index (χ0v) is 13.0. The summed E-state index contributed by atoms with van der Waals surface area (Å²) >= 11 is 0. The number of ether oxygens (including phenoxy) is 1. The second kappa shape index (κ2) is 6.70. The van der Waals surface area contributed by atoms with Crippen molar-refractivity contribution >= 4 is 0 Å². The Kier molecular flexibility index (Phi) is 5.19. The van der Waals surface area contributed by atoms with Crippen molar-refractivity contribution in [3.05, 3.63) is 35.4 Å². The maximum atomic E-state index is 5.71. The third-order valence-electron chi connectivity index (χ3n) is 4.18. The fourth-order valence-electron chi connectivity index (χ4n) is 2.81. The van der Waals surface area contributed by atoms with E-state index in [2.05, 4.69) is 50.5 Å². The summed E-state index contributed by atoms with van der Waals surface area (Å²) < 4.78 is 5.44. The van der Waals surface area contributed by atoms with E-state index in [9.17, 15) is 0 Å². The van der Waals surface area contributed by atoms with Gasteiger partial charge in [0.05, 0.1) is 0 Å². The molecule has 3 N–H and O–H groups in total. The highest BCUT2D eigenvalue weighted by atomic mass is 16.5. The first-order valence-corrected chi connectivity index (χ1v) is 7.62. The van der Waals surface area contributed by atoms with Gasteiger partial charge in [-0.2, -0.15) is 0 Å². The van der Waals surface area contributed by atoms with Gasteiger partial charge in [-0.3, -0.25) is 11.3 Å². The number of nitrogens with one attached hydrogen (secondary N) is 1. The lowest BCUT2D eigenvalue weighted by Crippen LogP contribution is -2.38. The van der Waals surface area contributed by atoms with E-state index in [0.717, 1.165) is 26.1 Å². The van der Waals surface area contributed by atoms with Crippen LogP contribution >= 0.6 is 0 Å². The molecule has 0 spiro atoms. The molecule has 0 aliphatic carbocycles. The molecule has 1 aromatic rings. The minimum absolute atomic E-state index is 0.214. The number of hydrogen-bond acceptors (Lipinski definition) is 3. The summed E-state index contributed by atoms with van der Waals surface area (Å²) in [6.45, 7) is 8.52. The zero-order chi connectivity index (χ0) is 14.6. The second-order valence-corrected chi connectivity index (χ2v) is 6.98. The van der Waals surface area contributed by atoms with Crippen LogP contribution in [-0.2, 0) is 16.6 Å². The normalized spacial score (nSPS) is 21.1. The van der Waals surface area contributed by atoms with Crippen LogP contribution in [0.3, 0.4) is 0 Å². The van der Waals surface area contributed by atoms with Crippen molar-refractivity contribution < 1.29 is 4.74 Å². The largest absolute Gasteiger partial charge is 0.381 e. The summed E-state index contributed by atoms with van der Waals surface area (Å²) in [6.07, 6.45) is 3.25. The number of hydrazine groups is 1. The van der Waals surface area contributed by atoms with Gasteiger partial charge in [-0.05, 0) is 41.7 Å². The number of benzene rings is 1. The van der Waals surface area contributed by atoms with Gasteiger partial charge in [0, 0.05) is 19.3 Å². The van der Waals surface area contributed by atoms with E-state index in [4.69, 9.17) is 10.6 Å². The second-order valence-electron chi connectivity index (χ2n) is 6.98. The van der Waals surface area contributed by atoms with Gasteiger partial charge >= 0.3 is 0 Å². The van der Waals surface area contributed by atoms with Gasteiger partial charge in [-0.15, -0.1) is 0 Å². The molecule has 0 saturated carbocycles. The van der Waals surface area contributed by atoms with Crippen molar-refractivity contribution in [1.29, 1.82) is 0 Å². The van der Waals surface area contributed by atoms with E-state index >= 15 is 0 Å². The van der Waals surface area contributed by atoms with Crippen LogP contribution < -0.4 is 11.3 Å². The van der Waals surface area contributed by atoms with Gasteiger partial charge in [0.1, 0.15) is 0 Å². The van der Waals surface area contributed by atoms with Crippen LogP contribution in [-0.4, -0.2) is 19.3 Å². The van der Waals surface area contributed by atoms with Crippen LogP contribution in [0.2, 0.25) is 0 Å². The minimum Gasteiger partial charge on any atom is -0.381 e. The Hall–Kier alpha value is -0.900. The molecule has 2 rings (SSSR count). The van der Waals surface area contributed by atoms with Crippen molar-refractivity contribution in [2.24, 2.45) is 11.8 Å². The molecule has 1 fully saturated rings. The fraction of sp³-hybridized carbons (Fsp3) is 0.647. The molecule has 20 heavy (non-hydrogen) atoms. The summed E-state index contributed by atoms with van der Waals surface area (Å²) in [4.78, 5) is 0. The van der Waals surface area contributed by atoms with E-state index in [1.165, 1.54) is 17.5 Å². The maximum Gasteiger partial charge on any atom is 0.0495 e. The van der Waals surface area contributed by atoms with Gasteiger partial charge < -0.3 is 4.74 Å². The van der Waals surface area contributed by atoms with Crippen molar-refractivity contribution in [3.63, 3.8) is 0 Å². The Labute approximate surface area is 122 Å². The predicted octanol–water partition coefficient (Wildman–Crippen LogP) is 2.79. The quantitative estimate of drug-likeness (QED) is 0.642. The number of nitrogens with two attached hydrogens (primary N) is 1. The predicted molar refractivity (Wildman–Crippen MR) is 83.5 cm³/mol. The highest BCUT2D eigenvalue weighted by Gasteiger charge is 2.20. The first-order valence-electron chi connectivity index (χ1n) is 7.62. The van der Waals surface area contributed by atoms with Crippen LogP contribution in [0.5, 0.6) is 0 Å². The lowest BCUT2D eigenvalue weighted by Gasteiger charge is -2.21. The van der Waals surface area contributed by atoms with Crippen molar-refractivity contribution in [3.8, 4) is 0 Å². The monoisotopic (exact) mass is 276 g/mol. The van der Waals surface area contributed by atoms with Gasteiger partial charge in [0.15, 0.2) is 0 Å². The fourth-order valence-corrected chi connectivity index (χ4v) is 2.81. The van der Waals surface area contributed by atoms with E-state index in [-0.39, 0.29) is 5.41 Å². The van der Waals surface area contributed by atoms with E-state index in [1.807, 2.05) is 0 Å². The van der Waals surface area contributed by atoms with Crippen LogP contribution in [0, 0.1) is 5.92 Å². The molecule has 0 bridgehead atoms. The minimum atomic E-state index is 0.214. The van der Waals surface area contributed by atoms with Gasteiger partial charge in [0.2, 0.25) is 0 Å². The van der Waals surface area contributed by atoms with E-state index in [0.29, 0.717) is 12.0 Å². The van der Waals surface area contributed by atoms with Crippen molar-refractivity contribution in [1.82, 2.24) is 5.43 Å². The molecular weight excluding hydrogens is 248 g/mol. The Morgan fingerprint density at radius 3 is 2.50 bits per heavy atom. The molecule has 1 aliphatic rings. The summed E-state index contributed by atoms with van der Waals surface area (Å²) in [5, 5.41) is 0. The standard InChI is InChI=1S/C17H28N2O/c1-17(2,3)15-6-4-13(5-7-15)10-16(19-18)11-14-8-9-20-12-14/h4-7,14,16,19H,8-12,18H2,1-3H3. The molecule has 0 amide bonds. The van der Waals surface area contributed by atoms with E-state index in [1.54, 1.807) is 0 Å². The van der Waals surface area contributed by atoms with Crippen molar-refractivity contribution in [2.75, 3.05) is 13.2 Å². The third-order valence-corrected chi connectivity index (χ3v) is 4.18. The zero-order valence-electron chi connectivity index (χ0n) is 13.0. The molecule has 3 nitrogen and oxygen atoms in total. The Balaban J connectivity index is 1.93. The molecule has 3 heteroatoms. The van der Waals surface area contributed by atoms with Crippen LogP contribution in [0.25, 0.3) is 0 Å². The Morgan fingerprint density at radius 2 is 2.00 bits per heavy atom. The van der Waals surface area contributed by atoms with Gasteiger partial charge in [-0.1, -0.05) is 45.0 Å². The molecule has 2 atom stereocenters. The summed E-state index contributed by atoms with van der Waals surface area (Å²) in [5.41, 5.74) is 5.90. The van der Waals surface area contributed by atoms with Gasteiger partial charge in [-0.25, -0.2) is 0 Å². The highest BCUT2D eigenvalue weighted by molar-refractivity contribution is 5.28. The third kappa shape index (κ3) is 4.30. The molecule has 1 saturated heterocycles. The summed E-state index contributed by atoms with van der Waals surface area (Å²) in [7, 11) is 0. The summed E-state index contributed by atoms with van der Waals surface area (Å²) in [6, 6.07) is 9.28. The molecule has 1 aliphatic heterocycles. The number of hydrogen-bond donors (Lipinski definition) is 2. The lowest BCUT2D eigenvalue weighted by atomic mass is 9.86. The highest BCUT2D eigenvalue weighted by Crippen LogP contribution is 2.23. The molecule has 1 heterocycles. The number of rotatable bonds is 5. The van der Waals surface area contributed by atoms with Gasteiger partial charge in [0.25, 0.3) is 0 Å². The smallest absolute Gasteiger partial charge is 0.0495 e. The molecule has 112 valence electrons. The first-order chi connectivity index (χ1) is 9.49. The van der Waals surface area contributed by atoms with Crippen LogP contribution in [0.4, 0.5) is 0 Å². The molecule has 1 aromatic carbocycles. The van der Waals surface area contributed by atoms with E-state index < -0.39 is 0 Å². The SMILES string of the molecule is CC(C)(C)c1ccc(CC(CC2CCOC2)NN)cc1. The van der Waals surface area contributed by atoms with Crippen LogP contribution in [0.1, 0.15) is 44.7 Å². The molecule has 0 aromatic heterocycles. The molecule has 0 radical (unpaired) electrons. The average Bonchev–Trinajstić information content (AvgIpc) is 2.90. The maximum absolute atomic E-state index is 5.71. The average molecular weight is 276 g/mol. The topological polar surface area (TPSA) is 47.3 Å². The Morgan fingerprint density at radius 1 is 1.30 bits per heavy atom. The molecule has 2 unspecified atom stereocenters. The Bertz CT molecular complexity index is 402. The molecular formula is C17H28N2O. The van der Waals surface area contributed by atoms with Crippen LogP contribution in [0.15, 0.2) is 24.3 Å². The first kappa shape index (κ1) is 15.5. The lowest BCUT2D eigenvalue weighted by molar-refractivity contribution is 0.181. The van der Waals surface area contributed by atoms with Crippen molar-refractivity contribution in [2.45, 2.75) is 51.5 Å².